The van der Waals surface area contributed by atoms with Gasteiger partial charge in [-0.25, -0.2) is 0 Å². The summed E-state index contributed by atoms with van der Waals surface area (Å²) in [4.78, 5) is 24.4. The molecule has 0 spiro atoms. The molecular formula is C15H21F3N4O2. The van der Waals surface area contributed by atoms with Crippen molar-refractivity contribution in [3.8, 4) is 0 Å². The molecule has 1 aliphatic rings. The first kappa shape index (κ1) is 18.3. The maximum Gasteiger partial charge on any atom is 0.408 e. The van der Waals surface area contributed by atoms with Gasteiger partial charge >= 0.3 is 6.18 Å². The third kappa shape index (κ3) is 4.48. The molecule has 2 heterocycles. The van der Waals surface area contributed by atoms with Gasteiger partial charge in [0, 0.05) is 44.9 Å². The molecule has 2 unspecified atom stereocenters. The lowest BCUT2D eigenvalue weighted by molar-refractivity contribution is -0.197. The molecule has 1 aromatic rings. The van der Waals surface area contributed by atoms with Gasteiger partial charge in [-0.1, -0.05) is 0 Å². The van der Waals surface area contributed by atoms with Crippen molar-refractivity contribution in [3.05, 3.63) is 18.0 Å². The van der Waals surface area contributed by atoms with Gasteiger partial charge in [0.2, 0.25) is 11.8 Å². The van der Waals surface area contributed by atoms with E-state index < -0.39 is 24.2 Å². The third-order valence-electron chi connectivity index (χ3n) is 4.20. The molecule has 2 atom stereocenters. The molecule has 0 bridgehead atoms. The van der Waals surface area contributed by atoms with Crippen LogP contribution in [0.1, 0.15) is 31.9 Å². The normalized spacial score (nSPS) is 21.6. The van der Waals surface area contributed by atoms with Crippen molar-refractivity contribution in [2.24, 2.45) is 7.05 Å². The van der Waals surface area contributed by atoms with Gasteiger partial charge in [0.15, 0.2) is 0 Å². The van der Waals surface area contributed by atoms with Crippen molar-refractivity contribution in [3.63, 3.8) is 0 Å². The van der Waals surface area contributed by atoms with Crippen molar-refractivity contribution in [2.75, 3.05) is 6.54 Å². The summed E-state index contributed by atoms with van der Waals surface area (Å²) in [5.74, 6) is -0.874. The third-order valence-corrected chi connectivity index (χ3v) is 4.20. The van der Waals surface area contributed by atoms with Crippen LogP contribution < -0.4 is 5.32 Å². The van der Waals surface area contributed by atoms with E-state index in [1.165, 1.54) is 6.92 Å². The fraction of sp³-hybridized carbons (Fsp3) is 0.667. The first-order valence-corrected chi connectivity index (χ1v) is 7.78. The second-order valence-corrected chi connectivity index (χ2v) is 6.02. The Kier molecular flexibility index (Phi) is 5.51. The fourth-order valence-electron chi connectivity index (χ4n) is 3.02. The molecule has 9 heteroatoms. The van der Waals surface area contributed by atoms with Crippen LogP contribution in [0.2, 0.25) is 0 Å². The largest absolute Gasteiger partial charge is 0.408 e. The van der Waals surface area contributed by atoms with E-state index in [9.17, 15) is 22.8 Å². The van der Waals surface area contributed by atoms with E-state index >= 15 is 0 Å². The predicted molar refractivity (Wildman–Crippen MR) is 79.9 cm³/mol. The van der Waals surface area contributed by atoms with Gasteiger partial charge in [-0.15, -0.1) is 0 Å². The molecule has 0 aliphatic carbocycles. The first-order valence-electron chi connectivity index (χ1n) is 7.78. The molecular weight excluding hydrogens is 325 g/mol. The number of hydrogen-bond donors (Lipinski definition) is 1. The van der Waals surface area contributed by atoms with Gasteiger partial charge in [0.1, 0.15) is 6.04 Å². The number of alkyl halides is 3. The van der Waals surface area contributed by atoms with Gasteiger partial charge in [-0.05, 0) is 25.3 Å². The number of carbonyl (C=O) groups is 2. The number of piperidine rings is 1. The number of aryl methyl sites for hydroxylation is 2. The van der Waals surface area contributed by atoms with Crippen LogP contribution in [0.4, 0.5) is 13.2 Å². The minimum atomic E-state index is -4.47. The fourth-order valence-corrected chi connectivity index (χ4v) is 3.02. The Morgan fingerprint density at radius 1 is 1.38 bits per heavy atom. The average molecular weight is 346 g/mol. The minimum absolute atomic E-state index is 0.0289. The van der Waals surface area contributed by atoms with Gasteiger partial charge in [-0.3, -0.25) is 14.3 Å². The standard InChI is InChI=1S/C15H21F3N4O2/c1-10(23)20-11-3-5-13(15(16,17)18)22(9-11)14(24)6-4-12-7-8-19-21(12)2/h7-8,11,13H,3-6,9H2,1-2H3,(H,20,23). The van der Waals surface area contributed by atoms with Gasteiger partial charge < -0.3 is 10.2 Å². The maximum absolute atomic E-state index is 13.2. The number of hydrogen-bond acceptors (Lipinski definition) is 3. The Hall–Kier alpha value is -2.06. The Morgan fingerprint density at radius 2 is 2.08 bits per heavy atom. The first-order chi connectivity index (χ1) is 11.2. The summed E-state index contributed by atoms with van der Waals surface area (Å²) in [6, 6.07) is -0.506. The van der Waals surface area contributed by atoms with E-state index in [-0.39, 0.29) is 31.7 Å². The van der Waals surface area contributed by atoms with E-state index in [1.54, 1.807) is 24.0 Å². The SMILES string of the molecule is CC(=O)NC1CCC(C(F)(F)F)N(C(=O)CCc2ccnn2C)C1. The number of carbonyl (C=O) groups excluding carboxylic acids is 2. The lowest BCUT2D eigenvalue weighted by atomic mass is 9.96. The average Bonchev–Trinajstić information content (AvgIpc) is 2.88. The molecule has 1 aliphatic heterocycles. The molecule has 134 valence electrons. The Labute approximate surface area is 138 Å². The van der Waals surface area contributed by atoms with Crippen molar-refractivity contribution in [2.45, 2.75) is 50.9 Å². The number of amides is 2. The van der Waals surface area contributed by atoms with Crippen LogP contribution in [0.3, 0.4) is 0 Å². The van der Waals surface area contributed by atoms with Gasteiger partial charge in [-0.2, -0.15) is 18.3 Å². The number of aromatic nitrogens is 2. The molecule has 0 aromatic carbocycles. The lowest BCUT2D eigenvalue weighted by Crippen LogP contribution is -2.58. The zero-order valence-electron chi connectivity index (χ0n) is 13.6. The van der Waals surface area contributed by atoms with Crippen LogP contribution >= 0.6 is 0 Å². The number of nitrogens with zero attached hydrogens (tertiary/aromatic N) is 3. The Balaban J connectivity index is 2.06. The molecule has 2 amide bonds. The molecule has 24 heavy (non-hydrogen) atoms. The van der Waals surface area contributed by atoms with Crippen LogP contribution in [-0.2, 0) is 23.1 Å². The highest BCUT2D eigenvalue weighted by Crippen LogP contribution is 2.32. The van der Waals surface area contributed by atoms with E-state index in [2.05, 4.69) is 10.4 Å². The quantitative estimate of drug-likeness (QED) is 0.896. The molecule has 1 aromatic heterocycles. The summed E-state index contributed by atoms with van der Waals surface area (Å²) in [5.41, 5.74) is 0.780. The highest BCUT2D eigenvalue weighted by Gasteiger charge is 2.47. The zero-order chi connectivity index (χ0) is 17.9. The molecule has 1 saturated heterocycles. The molecule has 0 radical (unpaired) electrons. The van der Waals surface area contributed by atoms with Crippen LogP contribution in [0.5, 0.6) is 0 Å². The number of nitrogens with one attached hydrogen (secondary N) is 1. The Bertz CT molecular complexity index is 600. The second-order valence-electron chi connectivity index (χ2n) is 6.02. The second kappa shape index (κ2) is 7.23. The number of halogens is 3. The monoisotopic (exact) mass is 346 g/mol. The molecule has 1 N–H and O–H groups in total. The summed E-state index contributed by atoms with van der Waals surface area (Å²) < 4.78 is 41.3. The van der Waals surface area contributed by atoms with E-state index in [1.807, 2.05) is 0 Å². The smallest absolute Gasteiger partial charge is 0.352 e. The van der Waals surface area contributed by atoms with Crippen LogP contribution in [0, 0.1) is 0 Å². The van der Waals surface area contributed by atoms with Crippen LogP contribution in [0.25, 0.3) is 0 Å². The zero-order valence-corrected chi connectivity index (χ0v) is 13.6. The molecule has 0 saturated carbocycles. The number of rotatable bonds is 4. The molecule has 2 rings (SSSR count). The van der Waals surface area contributed by atoms with Crippen molar-refractivity contribution in [1.29, 1.82) is 0 Å². The summed E-state index contributed by atoms with van der Waals surface area (Å²) in [5, 5.41) is 6.57. The highest BCUT2D eigenvalue weighted by atomic mass is 19.4. The summed E-state index contributed by atoms with van der Waals surface area (Å²) in [7, 11) is 1.71. The predicted octanol–water partition coefficient (Wildman–Crippen LogP) is 1.41. The van der Waals surface area contributed by atoms with Gasteiger partial charge in [0.25, 0.3) is 0 Å². The van der Waals surface area contributed by atoms with Crippen LogP contribution in [-0.4, -0.2) is 51.3 Å². The molecule has 1 fully saturated rings. The van der Waals surface area contributed by atoms with Crippen molar-refractivity contribution >= 4 is 11.8 Å². The molecule has 6 nitrogen and oxygen atoms in total. The topological polar surface area (TPSA) is 67.2 Å². The van der Waals surface area contributed by atoms with Crippen molar-refractivity contribution in [1.82, 2.24) is 20.0 Å². The number of likely N-dealkylation sites (tertiary alicyclic amines) is 1. The van der Waals surface area contributed by atoms with Gasteiger partial charge in [0.05, 0.1) is 0 Å². The highest BCUT2D eigenvalue weighted by molar-refractivity contribution is 5.77. The maximum atomic E-state index is 13.2. The summed E-state index contributed by atoms with van der Waals surface area (Å²) >= 11 is 0. The van der Waals surface area contributed by atoms with E-state index in [4.69, 9.17) is 0 Å². The van der Waals surface area contributed by atoms with E-state index in [0.717, 1.165) is 10.6 Å². The Morgan fingerprint density at radius 3 is 2.62 bits per heavy atom. The van der Waals surface area contributed by atoms with E-state index in [0.29, 0.717) is 6.42 Å². The summed E-state index contributed by atoms with van der Waals surface area (Å²) in [6.07, 6.45) is -2.60. The lowest BCUT2D eigenvalue weighted by Gasteiger charge is -2.40. The summed E-state index contributed by atoms with van der Waals surface area (Å²) in [6.45, 7) is 1.19. The van der Waals surface area contributed by atoms with Crippen LogP contribution in [0.15, 0.2) is 12.3 Å². The minimum Gasteiger partial charge on any atom is -0.352 e. The van der Waals surface area contributed by atoms with Crippen molar-refractivity contribution < 1.29 is 22.8 Å².